The Bertz CT molecular complexity index is 453. The molecule has 0 amide bonds. The van der Waals surface area contributed by atoms with E-state index in [9.17, 15) is 0 Å². The highest BCUT2D eigenvalue weighted by Gasteiger charge is 2.19. The molecular weight excluding hydrogens is 218 g/mol. The lowest BCUT2D eigenvalue weighted by atomic mass is 9.96. The van der Waals surface area contributed by atoms with Crippen LogP contribution in [0.2, 0.25) is 0 Å². The number of rotatable bonds is 5. The molecule has 1 saturated carbocycles. The topological polar surface area (TPSA) is 12.0 Å². The highest BCUT2D eigenvalue weighted by molar-refractivity contribution is 5.67. The van der Waals surface area contributed by atoms with Crippen molar-refractivity contribution in [3.8, 4) is 0 Å². The summed E-state index contributed by atoms with van der Waals surface area (Å²) in [6.07, 6.45) is 6.25. The fourth-order valence-corrected chi connectivity index (χ4v) is 2.36. The van der Waals surface area contributed by atoms with Gasteiger partial charge in [-0.3, -0.25) is 0 Å². The largest absolute Gasteiger partial charge is 0.314 e. The van der Waals surface area contributed by atoms with Crippen molar-refractivity contribution < 1.29 is 0 Å². The van der Waals surface area contributed by atoms with E-state index in [0.29, 0.717) is 0 Å². The first kappa shape index (κ1) is 13.4. The molecule has 0 bridgehead atoms. The molecule has 1 heteroatoms. The third-order valence-electron chi connectivity index (χ3n) is 3.87. The first-order valence-corrected chi connectivity index (χ1v) is 7.06. The van der Waals surface area contributed by atoms with E-state index >= 15 is 0 Å². The van der Waals surface area contributed by atoms with E-state index in [1.54, 1.807) is 0 Å². The maximum Gasteiger partial charge on any atom is 0.00683 e. The zero-order chi connectivity index (χ0) is 13.1. The standard InChI is InChI=1S/C17H25N/c1-12(6-5-9-18-16-7-8-16)17-11-14(3)13(2)10-15(17)4/h6,10-11,16,18H,5,7-9H2,1-4H3. The summed E-state index contributed by atoms with van der Waals surface area (Å²) in [5.41, 5.74) is 6.98. The van der Waals surface area contributed by atoms with Gasteiger partial charge in [0.25, 0.3) is 0 Å². The van der Waals surface area contributed by atoms with Gasteiger partial charge in [-0.05, 0) is 81.3 Å². The molecule has 0 unspecified atom stereocenters. The molecule has 2 rings (SSSR count). The van der Waals surface area contributed by atoms with Crippen LogP contribution in [0.5, 0.6) is 0 Å². The minimum absolute atomic E-state index is 0.821. The van der Waals surface area contributed by atoms with E-state index in [0.717, 1.165) is 19.0 Å². The molecular formula is C17H25N. The summed E-state index contributed by atoms with van der Waals surface area (Å²) in [5, 5.41) is 3.55. The first-order chi connectivity index (χ1) is 8.58. The maximum atomic E-state index is 3.55. The maximum absolute atomic E-state index is 3.55. The van der Waals surface area contributed by atoms with Crippen LogP contribution in [-0.2, 0) is 0 Å². The molecule has 1 fully saturated rings. The third kappa shape index (κ3) is 3.46. The number of nitrogens with one attached hydrogen (secondary N) is 1. The molecule has 1 aliphatic rings. The average molecular weight is 243 g/mol. The Morgan fingerprint density at radius 1 is 1.17 bits per heavy atom. The van der Waals surface area contributed by atoms with Gasteiger partial charge in [-0.25, -0.2) is 0 Å². The summed E-state index contributed by atoms with van der Waals surface area (Å²) >= 11 is 0. The summed E-state index contributed by atoms with van der Waals surface area (Å²) in [4.78, 5) is 0. The number of hydrogen-bond acceptors (Lipinski definition) is 1. The zero-order valence-electron chi connectivity index (χ0n) is 12.1. The SMILES string of the molecule is CC(=CCCNC1CC1)c1cc(C)c(C)cc1C. The molecule has 0 atom stereocenters. The molecule has 0 aromatic heterocycles. The Labute approximate surface area is 111 Å². The van der Waals surface area contributed by atoms with Crippen molar-refractivity contribution in [3.63, 3.8) is 0 Å². The van der Waals surface area contributed by atoms with E-state index in [4.69, 9.17) is 0 Å². The quantitative estimate of drug-likeness (QED) is 0.766. The van der Waals surface area contributed by atoms with Gasteiger partial charge in [0.2, 0.25) is 0 Å². The van der Waals surface area contributed by atoms with Crippen LogP contribution in [0, 0.1) is 20.8 Å². The van der Waals surface area contributed by atoms with Crippen molar-refractivity contribution in [2.24, 2.45) is 0 Å². The Kier molecular flexibility index (Phi) is 4.23. The van der Waals surface area contributed by atoms with Crippen LogP contribution >= 0.6 is 0 Å². The Morgan fingerprint density at radius 2 is 1.83 bits per heavy atom. The molecule has 98 valence electrons. The molecule has 0 radical (unpaired) electrons. The summed E-state index contributed by atoms with van der Waals surface area (Å²) in [6, 6.07) is 5.44. The van der Waals surface area contributed by atoms with Crippen molar-refractivity contribution in [2.45, 2.75) is 53.0 Å². The van der Waals surface area contributed by atoms with E-state index in [1.165, 1.54) is 40.7 Å². The van der Waals surface area contributed by atoms with Gasteiger partial charge in [-0.2, -0.15) is 0 Å². The number of benzene rings is 1. The van der Waals surface area contributed by atoms with Gasteiger partial charge in [0.15, 0.2) is 0 Å². The Balaban J connectivity index is 1.99. The van der Waals surface area contributed by atoms with E-state index in [2.05, 4.69) is 51.2 Å². The fourth-order valence-electron chi connectivity index (χ4n) is 2.36. The summed E-state index contributed by atoms with van der Waals surface area (Å²) in [6.45, 7) is 9.94. The predicted molar refractivity (Wildman–Crippen MR) is 79.9 cm³/mol. The van der Waals surface area contributed by atoms with Crippen LogP contribution in [0.25, 0.3) is 5.57 Å². The summed E-state index contributed by atoms with van der Waals surface area (Å²) in [5.74, 6) is 0. The van der Waals surface area contributed by atoms with Crippen molar-refractivity contribution in [2.75, 3.05) is 6.54 Å². The summed E-state index contributed by atoms with van der Waals surface area (Å²) in [7, 11) is 0. The number of aryl methyl sites for hydroxylation is 3. The monoisotopic (exact) mass is 243 g/mol. The smallest absolute Gasteiger partial charge is 0.00683 e. The minimum Gasteiger partial charge on any atom is -0.314 e. The van der Waals surface area contributed by atoms with Crippen molar-refractivity contribution in [3.05, 3.63) is 40.5 Å². The van der Waals surface area contributed by atoms with Gasteiger partial charge >= 0.3 is 0 Å². The molecule has 0 heterocycles. The van der Waals surface area contributed by atoms with Crippen LogP contribution in [0.3, 0.4) is 0 Å². The van der Waals surface area contributed by atoms with Gasteiger partial charge in [0.05, 0.1) is 0 Å². The lowest BCUT2D eigenvalue weighted by Gasteiger charge is -2.10. The molecule has 1 nitrogen and oxygen atoms in total. The lowest BCUT2D eigenvalue weighted by Crippen LogP contribution is -2.16. The van der Waals surface area contributed by atoms with Crippen LogP contribution in [-0.4, -0.2) is 12.6 Å². The van der Waals surface area contributed by atoms with Gasteiger partial charge < -0.3 is 5.32 Å². The van der Waals surface area contributed by atoms with Crippen LogP contribution in [0.15, 0.2) is 18.2 Å². The number of hydrogen-bond donors (Lipinski definition) is 1. The van der Waals surface area contributed by atoms with Crippen LogP contribution in [0.4, 0.5) is 0 Å². The van der Waals surface area contributed by atoms with E-state index < -0.39 is 0 Å². The normalized spacial score (nSPS) is 16.1. The molecule has 0 aliphatic heterocycles. The molecule has 1 N–H and O–H groups in total. The molecule has 1 aromatic rings. The highest BCUT2D eigenvalue weighted by Crippen LogP contribution is 2.23. The van der Waals surface area contributed by atoms with Crippen molar-refractivity contribution >= 4 is 5.57 Å². The Hall–Kier alpha value is -1.08. The predicted octanol–water partition coefficient (Wildman–Crippen LogP) is 4.16. The van der Waals surface area contributed by atoms with Gasteiger partial charge in [0, 0.05) is 6.04 Å². The minimum atomic E-state index is 0.821. The zero-order valence-corrected chi connectivity index (χ0v) is 12.1. The fraction of sp³-hybridized carbons (Fsp3) is 0.529. The molecule has 0 saturated heterocycles. The molecule has 18 heavy (non-hydrogen) atoms. The second-order valence-electron chi connectivity index (χ2n) is 5.66. The lowest BCUT2D eigenvalue weighted by molar-refractivity contribution is 0.690. The van der Waals surface area contributed by atoms with Gasteiger partial charge in [-0.15, -0.1) is 0 Å². The van der Waals surface area contributed by atoms with Crippen LogP contribution in [0.1, 0.15) is 48.4 Å². The summed E-state index contributed by atoms with van der Waals surface area (Å²) < 4.78 is 0. The second-order valence-corrected chi connectivity index (χ2v) is 5.66. The van der Waals surface area contributed by atoms with Gasteiger partial charge in [-0.1, -0.05) is 18.2 Å². The van der Waals surface area contributed by atoms with Crippen molar-refractivity contribution in [1.82, 2.24) is 5.32 Å². The molecule has 1 aromatic carbocycles. The first-order valence-electron chi connectivity index (χ1n) is 7.06. The average Bonchev–Trinajstić information content (AvgIpc) is 3.13. The van der Waals surface area contributed by atoms with E-state index in [-0.39, 0.29) is 0 Å². The second kappa shape index (κ2) is 5.71. The van der Waals surface area contributed by atoms with Crippen molar-refractivity contribution in [1.29, 1.82) is 0 Å². The highest BCUT2D eigenvalue weighted by atomic mass is 14.9. The third-order valence-corrected chi connectivity index (χ3v) is 3.87. The Morgan fingerprint density at radius 3 is 2.50 bits per heavy atom. The number of allylic oxidation sites excluding steroid dienone is 1. The molecule has 1 aliphatic carbocycles. The van der Waals surface area contributed by atoms with Gasteiger partial charge in [0.1, 0.15) is 0 Å². The molecule has 0 spiro atoms. The van der Waals surface area contributed by atoms with Crippen LogP contribution < -0.4 is 5.32 Å². The van der Waals surface area contributed by atoms with E-state index in [1.807, 2.05) is 0 Å².